The van der Waals surface area contributed by atoms with E-state index in [0.717, 1.165) is 6.42 Å². The Hall–Kier alpha value is -1.09. The van der Waals surface area contributed by atoms with E-state index < -0.39 is 0 Å². The summed E-state index contributed by atoms with van der Waals surface area (Å²) in [6.07, 6.45) is 11.3. The first-order valence-corrected chi connectivity index (χ1v) is 10.1. The zero-order valence-electron chi connectivity index (χ0n) is 16.2. The maximum Gasteiger partial charge on any atom is 0.226 e. The molecule has 1 heterocycles. The Morgan fingerprint density at radius 3 is 2.68 bits per heavy atom. The van der Waals surface area contributed by atoms with Crippen molar-refractivity contribution in [1.29, 1.82) is 0 Å². The highest BCUT2D eigenvalue weighted by molar-refractivity contribution is 5.80. The summed E-state index contributed by atoms with van der Waals surface area (Å²) in [5, 5.41) is 9.72. The molecule has 0 unspecified atom stereocenters. The van der Waals surface area contributed by atoms with Gasteiger partial charge in [0.05, 0.1) is 0 Å². The molecular weight excluding hydrogens is 310 g/mol. The van der Waals surface area contributed by atoms with Gasteiger partial charge in [0.2, 0.25) is 5.91 Å². The molecule has 1 amide bonds. The first-order chi connectivity index (χ1) is 11.8. The Labute approximate surface area is 152 Å². The molecule has 6 atom stereocenters. The minimum absolute atomic E-state index is 0.120. The number of allylic oxidation sites excluding steroid dienone is 4. The fraction of sp³-hybridized carbons (Fsp3) is 0.773. The van der Waals surface area contributed by atoms with Crippen LogP contribution in [0.3, 0.4) is 0 Å². The van der Waals surface area contributed by atoms with Crippen LogP contribution in [0.1, 0.15) is 59.3 Å². The second-order valence-electron chi connectivity index (χ2n) is 9.58. The second kappa shape index (κ2) is 5.70. The number of piperidine rings is 1. The molecule has 4 rings (SSSR count). The molecule has 138 valence electrons. The lowest BCUT2D eigenvalue weighted by molar-refractivity contribution is -0.133. The van der Waals surface area contributed by atoms with Crippen molar-refractivity contribution in [1.82, 2.24) is 4.90 Å². The van der Waals surface area contributed by atoms with Gasteiger partial charge in [-0.3, -0.25) is 4.79 Å². The maximum absolute atomic E-state index is 12.2. The molecule has 3 nitrogen and oxygen atoms in total. The average Bonchev–Trinajstić information content (AvgIpc) is 2.95. The summed E-state index contributed by atoms with van der Waals surface area (Å²) in [5.74, 6) is 2.54. The van der Waals surface area contributed by atoms with Crippen molar-refractivity contribution >= 4 is 5.91 Å². The summed E-state index contributed by atoms with van der Waals surface area (Å²) >= 11 is 0. The van der Waals surface area contributed by atoms with E-state index in [4.69, 9.17) is 0 Å². The Balaban J connectivity index is 1.72. The lowest BCUT2D eigenvalue weighted by atomic mass is 9.51. The molecule has 0 spiro atoms. The van der Waals surface area contributed by atoms with Crippen LogP contribution in [0.4, 0.5) is 0 Å². The predicted octanol–water partition coefficient (Wildman–Crippen LogP) is 4.14. The van der Waals surface area contributed by atoms with Gasteiger partial charge < -0.3 is 10.0 Å². The largest absolute Gasteiger partial charge is 0.396 e. The third kappa shape index (κ3) is 2.24. The summed E-state index contributed by atoms with van der Waals surface area (Å²) in [6.45, 7) is 7.41. The molecule has 25 heavy (non-hydrogen) atoms. The molecule has 1 N–H and O–H groups in total. The van der Waals surface area contributed by atoms with Gasteiger partial charge in [0, 0.05) is 31.2 Å². The van der Waals surface area contributed by atoms with Crippen LogP contribution in [0.15, 0.2) is 23.4 Å². The van der Waals surface area contributed by atoms with E-state index in [1.165, 1.54) is 31.4 Å². The van der Waals surface area contributed by atoms with Crippen molar-refractivity contribution in [3.05, 3.63) is 23.4 Å². The molecular formula is C22H33NO2. The van der Waals surface area contributed by atoms with E-state index in [-0.39, 0.29) is 11.3 Å². The molecule has 3 aliphatic carbocycles. The molecule has 2 saturated carbocycles. The number of fused-ring (bicyclic) bond motifs is 5. The fourth-order valence-electron chi connectivity index (χ4n) is 7.03. The van der Waals surface area contributed by atoms with Gasteiger partial charge in [0.15, 0.2) is 0 Å². The molecule has 3 fully saturated rings. The molecule has 0 aromatic carbocycles. The molecule has 3 heteroatoms. The smallest absolute Gasteiger partial charge is 0.226 e. The number of carbonyl (C=O) groups excluding carboxylic acids is 1. The van der Waals surface area contributed by atoms with Crippen molar-refractivity contribution in [3.8, 4) is 0 Å². The van der Waals surface area contributed by atoms with Gasteiger partial charge in [0.1, 0.15) is 0 Å². The first kappa shape index (κ1) is 17.3. The van der Waals surface area contributed by atoms with Crippen LogP contribution in [-0.2, 0) is 4.79 Å². The van der Waals surface area contributed by atoms with Crippen LogP contribution >= 0.6 is 0 Å². The van der Waals surface area contributed by atoms with Gasteiger partial charge in [-0.2, -0.15) is 0 Å². The Kier molecular flexibility index (Phi) is 3.95. The summed E-state index contributed by atoms with van der Waals surface area (Å²) in [7, 11) is 1.95. The monoisotopic (exact) mass is 343 g/mol. The van der Waals surface area contributed by atoms with Gasteiger partial charge in [-0.15, -0.1) is 0 Å². The minimum Gasteiger partial charge on any atom is -0.396 e. The topological polar surface area (TPSA) is 40.5 Å². The van der Waals surface area contributed by atoms with E-state index in [1.807, 2.05) is 11.9 Å². The van der Waals surface area contributed by atoms with Crippen molar-refractivity contribution in [2.24, 2.45) is 34.5 Å². The number of amides is 1. The molecule has 1 saturated heterocycles. The number of nitrogens with zero attached hydrogens (tertiary/aromatic N) is 1. The van der Waals surface area contributed by atoms with Gasteiger partial charge in [-0.1, -0.05) is 32.4 Å². The molecule has 0 aromatic rings. The van der Waals surface area contributed by atoms with E-state index >= 15 is 0 Å². The lowest BCUT2D eigenvalue weighted by Crippen LogP contribution is -2.50. The number of likely N-dealkylation sites (tertiary alicyclic amines) is 1. The fourth-order valence-corrected chi connectivity index (χ4v) is 7.03. The predicted molar refractivity (Wildman–Crippen MR) is 99.6 cm³/mol. The summed E-state index contributed by atoms with van der Waals surface area (Å²) < 4.78 is 0. The zero-order valence-corrected chi connectivity index (χ0v) is 16.2. The third-order valence-corrected chi connectivity index (χ3v) is 8.54. The number of aliphatic hydroxyl groups is 1. The van der Waals surface area contributed by atoms with E-state index in [0.29, 0.717) is 42.1 Å². The van der Waals surface area contributed by atoms with Crippen LogP contribution in [-0.4, -0.2) is 29.6 Å². The highest BCUT2D eigenvalue weighted by Gasteiger charge is 2.57. The van der Waals surface area contributed by atoms with Gasteiger partial charge >= 0.3 is 0 Å². The van der Waals surface area contributed by atoms with Crippen LogP contribution in [0, 0.1) is 34.5 Å². The molecule has 4 aliphatic rings. The van der Waals surface area contributed by atoms with Gasteiger partial charge in [-0.05, 0) is 67.3 Å². The molecule has 1 aliphatic heterocycles. The summed E-state index contributed by atoms with van der Waals surface area (Å²) in [4.78, 5) is 14.1. The Morgan fingerprint density at radius 1 is 1.20 bits per heavy atom. The van der Waals surface area contributed by atoms with Crippen LogP contribution < -0.4 is 0 Å². The first-order valence-electron chi connectivity index (χ1n) is 10.1. The molecule has 0 radical (unpaired) electrons. The van der Waals surface area contributed by atoms with E-state index in [1.54, 1.807) is 5.57 Å². The van der Waals surface area contributed by atoms with Gasteiger partial charge in [-0.25, -0.2) is 0 Å². The second-order valence-corrected chi connectivity index (χ2v) is 9.58. The van der Waals surface area contributed by atoms with Crippen LogP contribution in [0.5, 0.6) is 0 Å². The SMILES string of the molecule is C[C@@H](CO)[C@H]1CC[C@H]2C3=CC=C4N(C)C(=O)CC[C@]4(C)[C@H]3CC[C@]12C. The van der Waals surface area contributed by atoms with E-state index in [9.17, 15) is 9.90 Å². The normalized spacial score (nSPS) is 44.4. The minimum atomic E-state index is 0.120. The van der Waals surface area contributed by atoms with Crippen molar-refractivity contribution in [2.45, 2.75) is 59.3 Å². The Bertz CT molecular complexity index is 650. The number of aliphatic hydroxyl groups excluding tert-OH is 1. The number of hydrogen-bond acceptors (Lipinski definition) is 2. The van der Waals surface area contributed by atoms with Crippen LogP contribution in [0.25, 0.3) is 0 Å². The third-order valence-electron chi connectivity index (χ3n) is 8.54. The molecule has 0 aromatic heterocycles. The van der Waals surface area contributed by atoms with Crippen molar-refractivity contribution < 1.29 is 9.90 Å². The Morgan fingerprint density at radius 2 is 1.96 bits per heavy atom. The average molecular weight is 344 g/mol. The zero-order chi connectivity index (χ0) is 18.0. The maximum atomic E-state index is 12.2. The standard InChI is InChI=1S/C22H33NO2/c1-14(13-24)16-6-7-17-15-5-8-19-22(3,12-10-20(25)23(19)4)18(15)9-11-21(16,17)2/h5,8,14,16-18,24H,6-7,9-13H2,1-4H3/t14-,16+,17-,18-,21+,22+/m0/s1. The lowest BCUT2D eigenvalue weighted by Gasteiger charge is -2.55. The van der Waals surface area contributed by atoms with Crippen molar-refractivity contribution in [3.63, 3.8) is 0 Å². The molecule has 0 bridgehead atoms. The highest BCUT2D eigenvalue weighted by Crippen LogP contribution is 2.65. The summed E-state index contributed by atoms with van der Waals surface area (Å²) in [6, 6.07) is 0. The number of carbonyl (C=O) groups is 1. The number of rotatable bonds is 2. The quantitative estimate of drug-likeness (QED) is 0.818. The van der Waals surface area contributed by atoms with Crippen LogP contribution in [0.2, 0.25) is 0 Å². The number of hydrogen-bond donors (Lipinski definition) is 1. The highest BCUT2D eigenvalue weighted by atomic mass is 16.3. The van der Waals surface area contributed by atoms with Crippen molar-refractivity contribution in [2.75, 3.05) is 13.7 Å². The van der Waals surface area contributed by atoms with Gasteiger partial charge in [0.25, 0.3) is 0 Å². The summed E-state index contributed by atoms with van der Waals surface area (Å²) in [5.41, 5.74) is 3.34. The van der Waals surface area contributed by atoms with E-state index in [2.05, 4.69) is 32.9 Å².